The van der Waals surface area contributed by atoms with Crippen molar-refractivity contribution in [2.45, 2.75) is 6.92 Å². The van der Waals surface area contributed by atoms with Crippen LogP contribution in [0.5, 0.6) is 0 Å². The number of rotatable bonds is 3. The number of nitrogens with zero attached hydrogens (tertiary/aromatic N) is 2. The largest absolute Gasteiger partial charge is 0.235 e. The van der Waals surface area contributed by atoms with E-state index in [2.05, 4.69) is 42.2 Å². The average Bonchev–Trinajstić information content (AvgIpc) is 3.04. The number of benzene rings is 2. The predicted octanol–water partition coefficient (Wildman–Crippen LogP) is 5.18. The second-order valence-electron chi connectivity index (χ2n) is 4.98. The molecule has 3 heteroatoms. The Balaban J connectivity index is 1.94. The van der Waals surface area contributed by atoms with Crippen LogP contribution in [0.3, 0.4) is 0 Å². The van der Waals surface area contributed by atoms with Gasteiger partial charge in [0.2, 0.25) is 0 Å². The molecule has 2 aromatic carbocycles. The minimum atomic E-state index is 0.592. The van der Waals surface area contributed by atoms with Crippen molar-refractivity contribution in [3.05, 3.63) is 76.1 Å². The highest BCUT2D eigenvalue weighted by atomic mass is 32.1. The fourth-order valence-corrected chi connectivity index (χ4v) is 2.91. The van der Waals surface area contributed by atoms with Crippen LogP contribution in [0.4, 0.5) is 0 Å². The quantitative estimate of drug-likeness (QED) is 0.625. The first-order valence-corrected chi connectivity index (χ1v) is 7.84. The third-order valence-electron chi connectivity index (χ3n) is 3.31. The maximum Gasteiger partial charge on any atom is 0.134 e. The molecule has 0 atom stereocenters. The molecule has 0 amide bonds. The summed E-state index contributed by atoms with van der Waals surface area (Å²) < 4.78 is 0. The minimum Gasteiger partial charge on any atom is -0.235 e. The van der Waals surface area contributed by atoms with Gasteiger partial charge in [0.25, 0.3) is 0 Å². The Labute approximate surface area is 134 Å². The van der Waals surface area contributed by atoms with E-state index in [4.69, 9.17) is 0 Å². The zero-order chi connectivity index (χ0) is 15.4. The van der Waals surface area contributed by atoms with Crippen LogP contribution < -0.4 is 0 Å². The van der Waals surface area contributed by atoms with Gasteiger partial charge in [0.05, 0.1) is 11.3 Å². The highest BCUT2D eigenvalue weighted by molar-refractivity contribution is 7.11. The normalized spacial score (nSPS) is 11.2. The van der Waals surface area contributed by atoms with Crippen LogP contribution in [-0.2, 0) is 0 Å². The highest BCUT2D eigenvalue weighted by Crippen LogP contribution is 2.27. The number of allylic oxidation sites excluding steroid dienone is 1. The van der Waals surface area contributed by atoms with Crippen LogP contribution in [0.25, 0.3) is 22.9 Å². The summed E-state index contributed by atoms with van der Waals surface area (Å²) in [6.07, 6.45) is 1.87. The molecule has 0 spiro atoms. The maximum atomic E-state index is 9.41. The van der Waals surface area contributed by atoms with E-state index in [9.17, 15) is 5.26 Å². The zero-order valence-corrected chi connectivity index (χ0v) is 13.0. The number of aromatic nitrogens is 1. The van der Waals surface area contributed by atoms with Gasteiger partial charge in [-0.05, 0) is 18.6 Å². The second-order valence-corrected chi connectivity index (χ2v) is 5.84. The highest BCUT2D eigenvalue weighted by Gasteiger charge is 2.09. The third kappa shape index (κ3) is 3.13. The molecule has 0 radical (unpaired) electrons. The minimum absolute atomic E-state index is 0.592. The number of thiazole rings is 1. The first-order valence-electron chi connectivity index (χ1n) is 6.96. The average molecular weight is 302 g/mol. The number of hydrogen-bond donors (Lipinski definition) is 0. The topological polar surface area (TPSA) is 36.7 Å². The molecule has 0 aliphatic heterocycles. The van der Waals surface area contributed by atoms with Crippen LogP contribution in [0, 0.1) is 18.3 Å². The van der Waals surface area contributed by atoms with Crippen LogP contribution in [-0.4, -0.2) is 4.98 Å². The van der Waals surface area contributed by atoms with E-state index in [-0.39, 0.29) is 0 Å². The first-order chi connectivity index (χ1) is 10.8. The van der Waals surface area contributed by atoms with Gasteiger partial charge in [-0.3, -0.25) is 0 Å². The van der Waals surface area contributed by atoms with E-state index in [0.29, 0.717) is 5.57 Å². The molecule has 0 aliphatic carbocycles. The molecule has 0 fully saturated rings. The van der Waals surface area contributed by atoms with E-state index in [1.165, 1.54) is 16.9 Å². The number of nitriles is 1. The fraction of sp³-hybridized carbons (Fsp3) is 0.0526. The Morgan fingerprint density at radius 2 is 1.82 bits per heavy atom. The van der Waals surface area contributed by atoms with Gasteiger partial charge >= 0.3 is 0 Å². The lowest BCUT2D eigenvalue weighted by Crippen LogP contribution is -1.83. The van der Waals surface area contributed by atoms with Gasteiger partial charge in [0.1, 0.15) is 11.1 Å². The Bertz CT molecular complexity index is 837. The molecular weight excluding hydrogens is 288 g/mol. The Morgan fingerprint density at radius 1 is 1.09 bits per heavy atom. The lowest BCUT2D eigenvalue weighted by molar-refractivity contribution is 1.36. The molecule has 0 unspecified atom stereocenters. The molecule has 0 saturated carbocycles. The van der Waals surface area contributed by atoms with E-state index in [1.54, 1.807) is 0 Å². The van der Waals surface area contributed by atoms with Crippen molar-refractivity contribution in [1.82, 2.24) is 4.98 Å². The standard InChI is InChI=1S/C19H14N2S/c1-14-7-9-16(10-8-14)18-13-22-19(21-18)17(12-20)11-15-5-3-2-4-6-15/h2-11,13H,1H3/b17-11+. The smallest absolute Gasteiger partial charge is 0.134 e. The summed E-state index contributed by atoms with van der Waals surface area (Å²) in [6.45, 7) is 2.06. The summed E-state index contributed by atoms with van der Waals surface area (Å²) in [4.78, 5) is 4.61. The number of aryl methyl sites for hydroxylation is 1. The molecule has 0 bridgehead atoms. The molecule has 2 nitrogen and oxygen atoms in total. The first kappa shape index (κ1) is 14.2. The molecule has 0 N–H and O–H groups in total. The Kier molecular flexibility index (Phi) is 4.13. The van der Waals surface area contributed by atoms with E-state index < -0.39 is 0 Å². The molecule has 22 heavy (non-hydrogen) atoms. The van der Waals surface area contributed by atoms with Crippen molar-refractivity contribution in [3.8, 4) is 17.3 Å². The predicted molar refractivity (Wildman–Crippen MR) is 92.2 cm³/mol. The van der Waals surface area contributed by atoms with E-state index in [1.807, 2.05) is 41.8 Å². The monoisotopic (exact) mass is 302 g/mol. The van der Waals surface area contributed by atoms with Crippen molar-refractivity contribution in [1.29, 1.82) is 5.26 Å². The van der Waals surface area contributed by atoms with Crippen LogP contribution in [0.2, 0.25) is 0 Å². The van der Waals surface area contributed by atoms with Gasteiger partial charge in [0, 0.05) is 10.9 Å². The van der Waals surface area contributed by atoms with Gasteiger partial charge in [-0.1, -0.05) is 60.2 Å². The third-order valence-corrected chi connectivity index (χ3v) is 4.19. The van der Waals surface area contributed by atoms with Crippen LogP contribution in [0.1, 0.15) is 16.1 Å². The van der Waals surface area contributed by atoms with Crippen molar-refractivity contribution in [2.24, 2.45) is 0 Å². The molecule has 3 rings (SSSR count). The summed E-state index contributed by atoms with van der Waals surface area (Å²) >= 11 is 1.50. The van der Waals surface area contributed by atoms with Gasteiger partial charge in [-0.15, -0.1) is 11.3 Å². The molecule has 3 aromatic rings. The molecule has 0 aliphatic rings. The molecule has 1 aromatic heterocycles. The summed E-state index contributed by atoms with van der Waals surface area (Å²) in [6, 6.07) is 20.3. The molecular formula is C19H14N2S. The van der Waals surface area contributed by atoms with Crippen molar-refractivity contribution < 1.29 is 0 Å². The lowest BCUT2D eigenvalue weighted by Gasteiger charge is -1.97. The zero-order valence-electron chi connectivity index (χ0n) is 12.2. The van der Waals surface area contributed by atoms with E-state index >= 15 is 0 Å². The van der Waals surface area contributed by atoms with E-state index in [0.717, 1.165) is 21.8 Å². The van der Waals surface area contributed by atoms with Gasteiger partial charge in [-0.25, -0.2) is 4.98 Å². The van der Waals surface area contributed by atoms with Crippen LogP contribution in [0.15, 0.2) is 60.0 Å². The fourth-order valence-electron chi connectivity index (χ4n) is 2.11. The lowest BCUT2D eigenvalue weighted by atomic mass is 10.1. The molecule has 1 heterocycles. The number of hydrogen-bond acceptors (Lipinski definition) is 3. The van der Waals surface area contributed by atoms with Gasteiger partial charge in [-0.2, -0.15) is 5.26 Å². The summed E-state index contributed by atoms with van der Waals surface area (Å²) in [7, 11) is 0. The van der Waals surface area contributed by atoms with Gasteiger partial charge < -0.3 is 0 Å². The van der Waals surface area contributed by atoms with Crippen molar-refractivity contribution >= 4 is 23.0 Å². The Hall–Kier alpha value is -2.70. The summed E-state index contributed by atoms with van der Waals surface area (Å²) in [5.41, 5.74) is 4.81. The van der Waals surface area contributed by atoms with Gasteiger partial charge in [0.15, 0.2) is 0 Å². The van der Waals surface area contributed by atoms with Crippen molar-refractivity contribution in [3.63, 3.8) is 0 Å². The molecule has 106 valence electrons. The Morgan fingerprint density at radius 3 is 2.50 bits per heavy atom. The second kappa shape index (κ2) is 6.38. The molecule has 0 saturated heterocycles. The summed E-state index contributed by atoms with van der Waals surface area (Å²) in [5.74, 6) is 0. The summed E-state index contributed by atoms with van der Waals surface area (Å²) in [5, 5.41) is 12.2. The van der Waals surface area contributed by atoms with Crippen molar-refractivity contribution in [2.75, 3.05) is 0 Å². The SMILES string of the molecule is Cc1ccc(-c2csc(/C(C#N)=C/c3ccccc3)n2)cc1. The maximum absolute atomic E-state index is 9.41. The van der Waals surface area contributed by atoms with Crippen LogP contribution >= 0.6 is 11.3 Å².